The third-order valence-electron chi connectivity index (χ3n) is 1.98. The molecule has 2 rings (SSSR count). The molecule has 3 heteroatoms. The van der Waals surface area contributed by atoms with Gasteiger partial charge < -0.3 is 5.32 Å². The van der Waals surface area contributed by atoms with Gasteiger partial charge in [-0.2, -0.15) is 0 Å². The van der Waals surface area contributed by atoms with Gasteiger partial charge in [-0.25, -0.2) is 9.97 Å². The molecule has 0 aliphatic heterocycles. The Labute approximate surface area is 90.6 Å². The van der Waals surface area contributed by atoms with Crippen LogP contribution < -0.4 is 5.32 Å². The summed E-state index contributed by atoms with van der Waals surface area (Å²) in [5.74, 6) is 0.846. The van der Waals surface area contributed by atoms with E-state index in [1.54, 1.807) is 0 Å². The first-order valence-corrected chi connectivity index (χ1v) is 5.22. The van der Waals surface area contributed by atoms with Crippen LogP contribution in [0.5, 0.6) is 0 Å². The lowest BCUT2D eigenvalue weighted by Gasteiger charge is -2.04. The molecule has 0 saturated heterocycles. The molecule has 0 radical (unpaired) electrons. The molecule has 0 amide bonds. The van der Waals surface area contributed by atoms with Gasteiger partial charge in [-0.05, 0) is 19.1 Å². The Balaban J connectivity index is 0.000000531. The van der Waals surface area contributed by atoms with E-state index in [1.165, 1.54) is 0 Å². The van der Waals surface area contributed by atoms with Gasteiger partial charge in [0.1, 0.15) is 5.82 Å². The topological polar surface area (TPSA) is 37.8 Å². The molecule has 0 spiro atoms. The van der Waals surface area contributed by atoms with Crippen LogP contribution in [-0.4, -0.2) is 17.0 Å². The average molecular weight is 203 g/mol. The number of hydrogen-bond acceptors (Lipinski definition) is 3. The first kappa shape index (κ1) is 11.4. The van der Waals surface area contributed by atoms with Gasteiger partial charge in [0, 0.05) is 7.05 Å². The van der Waals surface area contributed by atoms with Crippen LogP contribution in [0.2, 0.25) is 0 Å². The van der Waals surface area contributed by atoms with Crippen molar-refractivity contribution < 1.29 is 0 Å². The Morgan fingerprint density at radius 2 is 1.53 bits per heavy atom. The number of nitrogens with zero attached hydrogens (tertiary/aromatic N) is 2. The highest BCUT2D eigenvalue weighted by Crippen LogP contribution is 2.14. The number of rotatable bonds is 1. The van der Waals surface area contributed by atoms with Gasteiger partial charge in [0.25, 0.3) is 0 Å². The summed E-state index contributed by atoms with van der Waals surface area (Å²) in [5, 5.41) is 3.01. The van der Waals surface area contributed by atoms with Crippen molar-refractivity contribution in [3.05, 3.63) is 30.0 Å². The standard InChI is InChI=1S/C10H11N3.C2H6/c1-7-10(11-2)13-9-6-4-3-5-8(9)12-7;1-2/h3-6H,1-2H3,(H,11,13);1-2H3. The van der Waals surface area contributed by atoms with E-state index < -0.39 is 0 Å². The summed E-state index contributed by atoms with van der Waals surface area (Å²) >= 11 is 0. The summed E-state index contributed by atoms with van der Waals surface area (Å²) in [6.45, 7) is 5.95. The summed E-state index contributed by atoms with van der Waals surface area (Å²) in [7, 11) is 1.85. The van der Waals surface area contributed by atoms with Gasteiger partial charge in [-0.3, -0.25) is 0 Å². The maximum atomic E-state index is 4.42. The van der Waals surface area contributed by atoms with Crippen LogP contribution in [0, 0.1) is 6.92 Å². The van der Waals surface area contributed by atoms with Crippen LogP contribution in [0.1, 0.15) is 19.5 Å². The fraction of sp³-hybridized carbons (Fsp3) is 0.333. The lowest BCUT2D eigenvalue weighted by molar-refractivity contribution is 1.17. The number of anilines is 1. The van der Waals surface area contributed by atoms with Gasteiger partial charge in [0.05, 0.1) is 16.7 Å². The van der Waals surface area contributed by atoms with Gasteiger partial charge in [-0.1, -0.05) is 26.0 Å². The minimum absolute atomic E-state index is 0.846. The molecule has 80 valence electrons. The van der Waals surface area contributed by atoms with Gasteiger partial charge in [0.2, 0.25) is 0 Å². The van der Waals surface area contributed by atoms with Gasteiger partial charge in [0.15, 0.2) is 0 Å². The third-order valence-corrected chi connectivity index (χ3v) is 1.98. The zero-order valence-corrected chi connectivity index (χ0v) is 9.70. The lowest BCUT2D eigenvalue weighted by Crippen LogP contribution is -1.98. The third kappa shape index (κ3) is 2.43. The second kappa shape index (κ2) is 5.29. The summed E-state index contributed by atoms with van der Waals surface area (Å²) in [5.41, 5.74) is 2.80. The van der Waals surface area contributed by atoms with Crippen LogP contribution in [0.4, 0.5) is 5.82 Å². The Bertz CT molecular complexity index is 438. The van der Waals surface area contributed by atoms with Crippen molar-refractivity contribution in [2.45, 2.75) is 20.8 Å². The largest absolute Gasteiger partial charge is 0.372 e. The van der Waals surface area contributed by atoms with E-state index >= 15 is 0 Å². The monoisotopic (exact) mass is 203 g/mol. The quantitative estimate of drug-likeness (QED) is 0.774. The van der Waals surface area contributed by atoms with Crippen molar-refractivity contribution in [2.75, 3.05) is 12.4 Å². The predicted molar refractivity (Wildman–Crippen MR) is 65.2 cm³/mol. The first-order chi connectivity index (χ1) is 7.31. The summed E-state index contributed by atoms with van der Waals surface area (Å²) in [4.78, 5) is 8.84. The fourth-order valence-corrected chi connectivity index (χ4v) is 1.33. The number of fused-ring (bicyclic) bond motifs is 1. The fourth-order valence-electron chi connectivity index (χ4n) is 1.33. The molecular formula is C12H17N3. The van der Waals surface area contributed by atoms with Gasteiger partial charge >= 0.3 is 0 Å². The summed E-state index contributed by atoms with van der Waals surface area (Å²) in [6.07, 6.45) is 0. The van der Waals surface area contributed by atoms with Crippen LogP contribution in [0.25, 0.3) is 11.0 Å². The van der Waals surface area contributed by atoms with E-state index in [0.29, 0.717) is 0 Å². The van der Waals surface area contributed by atoms with Crippen LogP contribution >= 0.6 is 0 Å². The zero-order valence-electron chi connectivity index (χ0n) is 9.70. The first-order valence-electron chi connectivity index (χ1n) is 5.22. The van der Waals surface area contributed by atoms with E-state index in [0.717, 1.165) is 22.5 Å². The van der Waals surface area contributed by atoms with Crippen molar-refractivity contribution in [1.82, 2.24) is 9.97 Å². The number of aryl methyl sites for hydroxylation is 1. The Kier molecular flexibility index (Phi) is 4.03. The molecule has 0 aliphatic carbocycles. The van der Waals surface area contributed by atoms with Crippen LogP contribution in [0.15, 0.2) is 24.3 Å². The smallest absolute Gasteiger partial charge is 0.147 e. The summed E-state index contributed by atoms with van der Waals surface area (Å²) < 4.78 is 0. The van der Waals surface area contributed by atoms with E-state index in [2.05, 4.69) is 15.3 Å². The molecule has 1 heterocycles. The van der Waals surface area contributed by atoms with Crippen molar-refractivity contribution in [1.29, 1.82) is 0 Å². The molecule has 1 aromatic carbocycles. The number of para-hydroxylation sites is 2. The molecule has 2 aromatic rings. The second-order valence-corrected chi connectivity index (χ2v) is 2.90. The van der Waals surface area contributed by atoms with E-state index in [1.807, 2.05) is 52.1 Å². The van der Waals surface area contributed by atoms with Gasteiger partial charge in [-0.15, -0.1) is 0 Å². The van der Waals surface area contributed by atoms with Crippen molar-refractivity contribution in [2.24, 2.45) is 0 Å². The molecule has 0 atom stereocenters. The molecule has 1 N–H and O–H groups in total. The molecular weight excluding hydrogens is 186 g/mol. The summed E-state index contributed by atoms with van der Waals surface area (Å²) in [6, 6.07) is 7.86. The number of nitrogens with one attached hydrogen (secondary N) is 1. The minimum atomic E-state index is 0.846. The Morgan fingerprint density at radius 1 is 1.00 bits per heavy atom. The maximum Gasteiger partial charge on any atom is 0.147 e. The average Bonchev–Trinajstić information content (AvgIpc) is 2.31. The molecule has 1 aromatic heterocycles. The van der Waals surface area contributed by atoms with Crippen LogP contribution in [0.3, 0.4) is 0 Å². The maximum absolute atomic E-state index is 4.42. The highest BCUT2D eigenvalue weighted by molar-refractivity contribution is 5.76. The highest BCUT2D eigenvalue weighted by atomic mass is 15.0. The molecule has 0 bridgehead atoms. The number of hydrogen-bond donors (Lipinski definition) is 1. The Hall–Kier alpha value is -1.64. The molecule has 3 nitrogen and oxygen atoms in total. The second-order valence-electron chi connectivity index (χ2n) is 2.90. The van der Waals surface area contributed by atoms with E-state index in [9.17, 15) is 0 Å². The molecule has 0 unspecified atom stereocenters. The minimum Gasteiger partial charge on any atom is -0.372 e. The normalized spacial score (nSPS) is 9.33. The van der Waals surface area contributed by atoms with Crippen molar-refractivity contribution >= 4 is 16.9 Å². The predicted octanol–water partition coefficient (Wildman–Crippen LogP) is 3.01. The van der Waals surface area contributed by atoms with E-state index in [-0.39, 0.29) is 0 Å². The van der Waals surface area contributed by atoms with Crippen LogP contribution in [-0.2, 0) is 0 Å². The molecule has 15 heavy (non-hydrogen) atoms. The molecule has 0 saturated carbocycles. The SMILES string of the molecule is CC.CNc1nc2ccccc2nc1C. The number of aromatic nitrogens is 2. The number of benzene rings is 1. The highest BCUT2D eigenvalue weighted by Gasteiger charge is 2.01. The molecule has 0 aliphatic rings. The Morgan fingerprint density at radius 3 is 2.07 bits per heavy atom. The lowest BCUT2D eigenvalue weighted by atomic mass is 10.3. The van der Waals surface area contributed by atoms with Crippen molar-refractivity contribution in [3.63, 3.8) is 0 Å². The zero-order chi connectivity index (χ0) is 11.3. The molecule has 0 fully saturated rings. The van der Waals surface area contributed by atoms with Crippen molar-refractivity contribution in [3.8, 4) is 0 Å². The van der Waals surface area contributed by atoms with E-state index in [4.69, 9.17) is 0 Å².